The summed E-state index contributed by atoms with van der Waals surface area (Å²) in [4.78, 5) is 4.10. The molecule has 3 aromatic rings. The molecule has 0 aliphatic carbocycles. The van der Waals surface area contributed by atoms with Crippen LogP contribution in [-0.4, -0.2) is 22.8 Å². The molecule has 2 aromatic carbocycles. The maximum absolute atomic E-state index is 6.03. The molecule has 1 fully saturated rings. The maximum Gasteiger partial charge on any atom is 0.213 e. The summed E-state index contributed by atoms with van der Waals surface area (Å²) in [6.07, 6.45) is 5.44. The lowest BCUT2D eigenvalue weighted by atomic mass is 9.99. The highest BCUT2D eigenvalue weighted by atomic mass is 16.7. The molecule has 1 aliphatic rings. The minimum Gasteiger partial charge on any atom is -0.457 e. The first-order valence-corrected chi connectivity index (χ1v) is 8.33. The third-order valence-electron chi connectivity index (χ3n) is 4.29. The summed E-state index contributed by atoms with van der Waals surface area (Å²) >= 11 is 0. The van der Waals surface area contributed by atoms with Crippen LogP contribution in [0.15, 0.2) is 67.3 Å². The van der Waals surface area contributed by atoms with E-state index in [4.69, 9.17) is 14.2 Å². The van der Waals surface area contributed by atoms with Gasteiger partial charge in [-0.2, -0.15) is 0 Å². The Kier molecular flexibility index (Phi) is 4.26. The fourth-order valence-electron chi connectivity index (χ4n) is 3.16. The Morgan fingerprint density at radius 3 is 2.56 bits per heavy atom. The lowest BCUT2D eigenvalue weighted by Crippen LogP contribution is -2.33. The van der Waals surface area contributed by atoms with E-state index in [-0.39, 0.29) is 0 Å². The highest BCUT2D eigenvalue weighted by molar-refractivity contribution is 5.40. The van der Waals surface area contributed by atoms with Crippen LogP contribution in [0.3, 0.4) is 0 Å². The van der Waals surface area contributed by atoms with Crippen molar-refractivity contribution in [3.05, 3.63) is 78.4 Å². The summed E-state index contributed by atoms with van der Waals surface area (Å²) < 4.78 is 19.9. The van der Waals surface area contributed by atoms with Crippen LogP contribution in [0.25, 0.3) is 0 Å². The van der Waals surface area contributed by atoms with Crippen molar-refractivity contribution in [3.8, 4) is 11.5 Å². The van der Waals surface area contributed by atoms with Gasteiger partial charge in [0, 0.05) is 18.0 Å². The van der Waals surface area contributed by atoms with Gasteiger partial charge < -0.3 is 18.8 Å². The minimum atomic E-state index is -0.782. The largest absolute Gasteiger partial charge is 0.457 e. The molecule has 0 unspecified atom stereocenters. The topological polar surface area (TPSA) is 45.5 Å². The summed E-state index contributed by atoms with van der Waals surface area (Å²) in [6.45, 7) is 3.77. The molecule has 0 N–H and O–H groups in total. The van der Waals surface area contributed by atoms with Crippen LogP contribution in [0.1, 0.15) is 11.1 Å². The molecule has 5 heteroatoms. The highest BCUT2D eigenvalue weighted by Crippen LogP contribution is 2.37. The van der Waals surface area contributed by atoms with Gasteiger partial charge in [0.05, 0.1) is 26.1 Å². The molecule has 25 heavy (non-hydrogen) atoms. The third-order valence-corrected chi connectivity index (χ3v) is 4.29. The molecule has 0 saturated carbocycles. The Hall–Kier alpha value is -2.63. The number of imidazole rings is 1. The standard InChI is InChI=1S/C20H20N2O3/c1-16-13-18(25-17-5-3-2-4-6-17)7-8-19(16)20(23-11-12-24-20)14-22-10-9-21-15-22/h2-10,13,15H,11-12,14H2,1H3. The molecule has 0 radical (unpaired) electrons. The molecule has 4 rings (SSSR count). The average Bonchev–Trinajstić information content (AvgIpc) is 3.29. The Labute approximate surface area is 146 Å². The van der Waals surface area contributed by atoms with Crippen LogP contribution in [0, 0.1) is 6.92 Å². The van der Waals surface area contributed by atoms with Gasteiger partial charge in [0.15, 0.2) is 0 Å². The van der Waals surface area contributed by atoms with Crippen molar-refractivity contribution in [1.29, 1.82) is 0 Å². The molecule has 0 amide bonds. The van der Waals surface area contributed by atoms with Crippen molar-refractivity contribution in [2.24, 2.45) is 0 Å². The van der Waals surface area contributed by atoms with Crippen molar-refractivity contribution in [1.82, 2.24) is 9.55 Å². The molecular formula is C20H20N2O3. The molecule has 128 valence electrons. The number of aryl methyl sites for hydroxylation is 1. The van der Waals surface area contributed by atoms with Gasteiger partial charge in [-0.25, -0.2) is 4.98 Å². The molecule has 1 saturated heterocycles. The van der Waals surface area contributed by atoms with E-state index in [0.29, 0.717) is 19.8 Å². The fraction of sp³-hybridized carbons (Fsp3) is 0.250. The Bertz CT molecular complexity index is 825. The van der Waals surface area contributed by atoms with Crippen LogP contribution in [-0.2, 0) is 21.8 Å². The van der Waals surface area contributed by atoms with E-state index in [1.165, 1.54) is 0 Å². The van der Waals surface area contributed by atoms with Gasteiger partial charge in [0.2, 0.25) is 5.79 Å². The fourth-order valence-corrected chi connectivity index (χ4v) is 3.16. The van der Waals surface area contributed by atoms with Crippen LogP contribution >= 0.6 is 0 Å². The van der Waals surface area contributed by atoms with Gasteiger partial charge >= 0.3 is 0 Å². The number of rotatable bonds is 5. The Balaban J connectivity index is 1.62. The van der Waals surface area contributed by atoms with Gasteiger partial charge in [-0.1, -0.05) is 18.2 Å². The lowest BCUT2D eigenvalue weighted by molar-refractivity contribution is -0.176. The van der Waals surface area contributed by atoms with E-state index in [2.05, 4.69) is 4.98 Å². The second-order valence-corrected chi connectivity index (χ2v) is 6.08. The average molecular weight is 336 g/mol. The molecule has 2 heterocycles. The Morgan fingerprint density at radius 1 is 1.08 bits per heavy atom. The second kappa shape index (κ2) is 6.70. The monoisotopic (exact) mass is 336 g/mol. The smallest absolute Gasteiger partial charge is 0.213 e. The van der Waals surface area contributed by atoms with Crippen molar-refractivity contribution < 1.29 is 14.2 Å². The maximum atomic E-state index is 6.03. The summed E-state index contributed by atoms with van der Waals surface area (Å²) in [6, 6.07) is 15.7. The highest BCUT2D eigenvalue weighted by Gasteiger charge is 2.40. The number of para-hydroxylation sites is 1. The van der Waals surface area contributed by atoms with Crippen LogP contribution in [0.4, 0.5) is 0 Å². The SMILES string of the molecule is Cc1cc(Oc2ccccc2)ccc1C1(Cn2ccnc2)OCCO1. The first-order chi connectivity index (χ1) is 12.3. The molecule has 0 spiro atoms. The molecule has 0 bridgehead atoms. The van der Waals surface area contributed by atoms with E-state index in [9.17, 15) is 0 Å². The number of hydrogen-bond acceptors (Lipinski definition) is 4. The normalized spacial score (nSPS) is 16.0. The predicted octanol–water partition coefficient (Wildman–Crippen LogP) is 3.88. The van der Waals surface area contributed by atoms with Crippen molar-refractivity contribution in [2.45, 2.75) is 19.3 Å². The summed E-state index contributed by atoms with van der Waals surface area (Å²) in [5.41, 5.74) is 2.08. The number of hydrogen-bond donors (Lipinski definition) is 0. The lowest BCUT2D eigenvalue weighted by Gasteiger charge is -2.29. The zero-order chi connectivity index (χ0) is 17.1. The van der Waals surface area contributed by atoms with Crippen molar-refractivity contribution in [3.63, 3.8) is 0 Å². The number of aromatic nitrogens is 2. The second-order valence-electron chi connectivity index (χ2n) is 6.08. The van der Waals surface area contributed by atoms with Crippen LogP contribution < -0.4 is 4.74 Å². The Morgan fingerprint density at radius 2 is 1.88 bits per heavy atom. The molecule has 5 nitrogen and oxygen atoms in total. The first-order valence-electron chi connectivity index (χ1n) is 8.33. The van der Waals surface area contributed by atoms with Crippen LogP contribution in [0.2, 0.25) is 0 Å². The summed E-state index contributed by atoms with van der Waals surface area (Å²) in [5, 5.41) is 0. The predicted molar refractivity (Wildman–Crippen MR) is 93.5 cm³/mol. The number of ether oxygens (including phenoxy) is 3. The van der Waals surface area contributed by atoms with Gasteiger partial charge in [-0.05, 0) is 42.8 Å². The third kappa shape index (κ3) is 3.29. The minimum absolute atomic E-state index is 0.562. The van der Waals surface area contributed by atoms with E-state index in [1.807, 2.05) is 66.2 Å². The molecule has 1 aromatic heterocycles. The zero-order valence-corrected chi connectivity index (χ0v) is 14.1. The number of benzene rings is 2. The van der Waals surface area contributed by atoms with Gasteiger partial charge in [-0.3, -0.25) is 0 Å². The first kappa shape index (κ1) is 15.9. The quantitative estimate of drug-likeness (QED) is 0.709. The van der Waals surface area contributed by atoms with E-state index < -0.39 is 5.79 Å². The molecular weight excluding hydrogens is 316 g/mol. The number of nitrogens with zero attached hydrogens (tertiary/aromatic N) is 2. The van der Waals surface area contributed by atoms with Gasteiger partial charge in [-0.15, -0.1) is 0 Å². The summed E-state index contributed by atoms with van der Waals surface area (Å²) in [7, 11) is 0. The zero-order valence-electron chi connectivity index (χ0n) is 14.1. The van der Waals surface area contributed by atoms with E-state index >= 15 is 0 Å². The summed E-state index contributed by atoms with van der Waals surface area (Å²) in [5.74, 6) is 0.829. The van der Waals surface area contributed by atoms with Crippen molar-refractivity contribution >= 4 is 0 Å². The van der Waals surface area contributed by atoms with E-state index in [0.717, 1.165) is 22.6 Å². The van der Waals surface area contributed by atoms with Crippen molar-refractivity contribution in [2.75, 3.05) is 13.2 Å². The van der Waals surface area contributed by atoms with E-state index in [1.54, 1.807) is 12.5 Å². The van der Waals surface area contributed by atoms with Gasteiger partial charge in [0.25, 0.3) is 0 Å². The van der Waals surface area contributed by atoms with Gasteiger partial charge in [0.1, 0.15) is 11.5 Å². The molecule has 1 aliphatic heterocycles. The molecule has 0 atom stereocenters. The van der Waals surface area contributed by atoms with Crippen LogP contribution in [0.5, 0.6) is 11.5 Å².